The lowest BCUT2D eigenvalue weighted by molar-refractivity contribution is 0.111. The third-order valence-corrected chi connectivity index (χ3v) is 2.70. The van der Waals surface area contributed by atoms with Crippen molar-refractivity contribution in [2.24, 2.45) is 0 Å². The standard InChI is InChI=1S/C13H10ClNO3/c14-10-3-2-6-15-11(10)8-18-13-5-1-4-12(17)9(13)7-16/h1-7,17H,8H2. The summed E-state index contributed by atoms with van der Waals surface area (Å²) in [6, 6.07) is 8.04. The number of halogens is 1. The Hall–Kier alpha value is -2.07. The molecule has 0 saturated carbocycles. The highest BCUT2D eigenvalue weighted by atomic mass is 35.5. The smallest absolute Gasteiger partial charge is 0.157 e. The van der Waals surface area contributed by atoms with Gasteiger partial charge in [0, 0.05) is 6.20 Å². The number of aromatic nitrogens is 1. The maximum absolute atomic E-state index is 10.8. The molecule has 1 heterocycles. The van der Waals surface area contributed by atoms with Gasteiger partial charge in [-0.25, -0.2) is 0 Å². The molecule has 0 radical (unpaired) electrons. The van der Waals surface area contributed by atoms with E-state index in [1.54, 1.807) is 30.5 Å². The number of phenolic OH excluding ortho intramolecular Hbond substituents is 1. The minimum Gasteiger partial charge on any atom is -0.507 e. The van der Waals surface area contributed by atoms with Crippen molar-refractivity contribution in [1.29, 1.82) is 0 Å². The van der Waals surface area contributed by atoms with Gasteiger partial charge in [0.2, 0.25) is 0 Å². The Morgan fingerprint density at radius 1 is 1.33 bits per heavy atom. The Bertz CT molecular complexity index is 572. The monoisotopic (exact) mass is 263 g/mol. The number of hydrogen-bond acceptors (Lipinski definition) is 4. The molecule has 0 saturated heterocycles. The van der Waals surface area contributed by atoms with Gasteiger partial charge in [-0.15, -0.1) is 0 Å². The van der Waals surface area contributed by atoms with E-state index < -0.39 is 0 Å². The van der Waals surface area contributed by atoms with Crippen molar-refractivity contribution in [2.75, 3.05) is 0 Å². The van der Waals surface area contributed by atoms with Gasteiger partial charge in [-0.05, 0) is 24.3 Å². The van der Waals surface area contributed by atoms with E-state index in [0.29, 0.717) is 22.8 Å². The van der Waals surface area contributed by atoms with Crippen molar-refractivity contribution < 1.29 is 14.6 Å². The van der Waals surface area contributed by atoms with Gasteiger partial charge in [-0.3, -0.25) is 9.78 Å². The normalized spacial score (nSPS) is 10.1. The summed E-state index contributed by atoms with van der Waals surface area (Å²) in [6.45, 7) is 0.129. The second-order valence-electron chi connectivity index (χ2n) is 3.53. The molecule has 0 amide bonds. The zero-order valence-corrected chi connectivity index (χ0v) is 10.1. The zero-order valence-electron chi connectivity index (χ0n) is 9.34. The fourth-order valence-corrected chi connectivity index (χ4v) is 1.62. The second-order valence-corrected chi connectivity index (χ2v) is 3.93. The molecule has 1 aromatic carbocycles. The number of carbonyl (C=O) groups is 1. The predicted octanol–water partition coefficient (Wildman–Crippen LogP) is 2.83. The maximum Gasteiger partial charge on any atom is 0.157 e. The van der Waals surface area contributed by atoms with Gasteiger partial charge in [0.05, 0.1) is 16.3 Å². The third-order valence-electron chi connectivity index (χ3n) is 2.36. The molecule has 2 aromatic rings. The lowest BCUT2D eigenvalue weighted by atomic mass is 10.2. The summed E-state index contributed by atoms with van der Waals surface area (Å²) in [4.78, 5) is 14.9. The van der Waals surface area contributed by atoms with Crippen LogP contribution in [0.5, 0.6) is 11.5 Å². The summed E-state index contributed by atoms with van der Waals surface area (Å²) in [5.41, 5.74) is 0.684. The topological polar surface area (TPSA) is 59.4 Å². The largest absolute Gasteiger partial charge is 0.507 e. The van der Waals surface area contributed by atoms with E-state index in [0.717, 1.165) is 0 Å². The Balaban J connectivity index is 2.18. The number of phenols is 1. The van der Waals surface area contributed by atoms with Gasteiger partial charge in [0.1, 0.15) is 18.1 Å². The molecule has 92 valence electrons. The Morgan fingerprint density at radius 3 is 2.89 bits per heavy atom. The van der Waals surface area contributed by atoms with Crippen LogP contribution in [-0.2, 0) is 6.61 Å². The average molecular weight is 264 g/mol. The number of nitrogens with zero attached hydrogens (tertiary/aromatic N) is 1. The summed E-state index contributed by atoms with van der Waals surface area (Å²) >= 11 is 5.93. The van der Waals surface area contributed by atoms with Gasteiger partial charge in [0.25, 0.3) is 0 Å². The summed E-state index contributed by atoms with van der Waals surface area (Å²) < 4.78 is 5.44. The number of carbonyl (C=O) groups excluding carboxylic acids is 1. The first-order valence-electron chi connectivity index (χ1n) is 5.21. The van der Waals surface area contributed by atoms with Gasteiger partial charge in [-0.1, -0.05) is 17.7 Å². The van der Waals surface area contributed by atoms with E-state index in [2.05, 4.69) is 4.98 Å². The molecule has 0 unspecified atom stereocenters. The third kappa shape index (κ3) is 2.60. The highest BCUT2D eigenvalue weighted by Gasteiger charge is 2.09. The molecule has 2 rings (SSSR count). The van der Waals surface area contributed by atoms with Crippen LogP contribution in [0, 0.1) is 0 Å². The van der Waals surface area contributed by atoms with Gasteiger partial charge in [-0.2, -0.15) is 0 Å². The maximum atomic E-state index is 10.8. The lowest BCUT2D eigenvalue weighted by Gasteiger charge is -2.09. The van der Waals surface area contributed by atoms with Crippen LogP contribution in [0.1, 0.15) is 16.1 Å². The molecule has 0 aliphatic rings. The van der Waals surface area contributed by atoms with Crippen LogP contribution in [0.2, 0.25) is 5.02 Å². The summed E-state index contributed by atoms with van der Waals surface area (Å²) in [5, 5.41) is 9.98. The zero-order chi connectivity index (χ0) is 13.0. The first-order valence-corrected chi connectivity index (χ1v) is 5.59. The number of pyridine rings is 1. The lowest BCUT2D eigenvalue weighted by Crippen LogP contribution is -2.01. The van der Waals surface area contributed by atoms with Crippen LogP contribution in [0.3, 0.4) is 0 Å². The number of hydrogen-bond donors (Lipinski definition) is 1. The molecule has 5 heteroatoms. The molecule has 18 heavy (non-hydrogen) atoms. The van der Waals surface area contributed by atoms with Crippen molar-refractivity contribution in [3.05, 3.63) is 52.8 Å². The summed E-state index contributed by atoms with van der Waals surface area (Å²) in [6.07, 6.45) is 2.15. The van der Waals surface area contributed by atoms with Crippen LogP contribution in [0.25, 0.3) is 0 Å². The molecule has 1 aromatic heterocycles. The number of aromatic hydroxyl groups is 1. The van der Waals surface area contributed by atoms with E-state index in [-0.39, 0.29) is 17.9 Å². The number of benzene rings is 1. The molecule has 4 nitrogen and oxygen atoms in total. The molecule has 0 spiro atoms. The molecule has 0 aliphatic heterocycles. The molecule has 0 aliphatic carbocycles. The van der Waals surface area contributed by atoms with E-state index in [9.17, 15) is 9.90 Å². The van der Waals surface area contributed by atoms with Crippen molar-refractivity contribution in [3.8, 4) is 11.5 Å². The first kappa shape index (κ1) is 12.4. The average Bonchev–Trinajstić information content (AvgIpc) is 2.38. The fraction of sp³-hybridized carbons (Fsp3) is 0.0769. The Labute approximate surface area is 109 Å². The molecular weight excluding hydrogens is 254 g/mol. The van der Waals surface area contributed by atoms with Crippen LogP contribution < -0.4 is 4.74 Å². The van der Waals surface area contributed by atoms with Crippen LogP contribution in [0.4, 0.5) is 0 Å². The molecule has 0 fully saturated rings. The summed E-state index contributed by atoms with van der Waals surface area (Å²) in [5.74, 6) is 0.182. The first-order chi connectivity index (χ1) is 8.72. The van der Waals surface area contributed by atoms with Crippen molar-refractivity contribution in [2.45, 2.75) is 6.61 Å². The fourth-order valence-electron chi connectivity index (χ4n) is 1.45. The van der Waals surface area contributed by atoms with Crippen molar-refractivity contribution in [1.82, 2.24) is 4.98 Å². The van der Waals surface area contributed by atoms with Crippen LogP contribution >= 0.6 is 11.6 Å². The number of rotatable bonds is 4. The van der Waals surface area contributed by atoms with E-state index >= 15 is 0 Å². The number of aldehydes is 1. The second kappa shape index (κ2) is 5.51. The van der Waals surface area contributed by atoms with Crippen LogP contribution in [0.15, 0.2) is 36.5 Å². The molecule has 0 bridgehead atoms. The Morgan fingerprint density at radius 2 is 2.17 bits per heavy atom. The highest BCUT2D eigenvalue weighted by Crippen LogP contribution is 2.26. The summed E-state index contributed by atoms with van der Waals surface area (Å²) in [7, 11) is 0. The number of ether oxygens (including phenoxy) is 1. The quantitative estimate of drug-likeness (QED) is 0.862. The molecule has 0 atom stereocenters. The predicted molar refractivity (Wildman–Crippen MR) is 67.1 cm³/mol. The van der Waals surface area contributed by atoms with Gasteiger partial charge >= 0.3 is 0 Å². The molecular formula is C13H10ClNO3. The van der Waals surface area contributed by atoms with Crippen LogP contribution in [-0.4, -0.2) is 16.4 Å². The van der Waals surface area contributed by atoms with Crippen molar-refractivity contribution >= 4 is 17.9 Å². The van der Waals surface area contributed by atoms with E-state index in [1.165, 1.54) is 6.07 Å². The highest BCUT2D eigenvalue weighted by molar-refractivity contribution is 6.31. The Kier molecular flexibility index (Phi) is 3.79. The van der Waals surface area contributed by atoms with E-state index in [4.69, 9.17) is 16.3 Å². The van der Waals surface area contributed by atoms with E-state index in [1.807, 2.05) is 0 Å². The van der Waals surface area contributed by atoms with Crippen molar-refractivity contribution in [3.63, 3.8) is 0 Å². The minimum absolute atomic E-state index is 0.115. The van der Waals surface area contributed by atoms with Gasteiger partial charge in [0.15, 0.2) is 6.29 Å². The SMILES string of the molecule is O=Cc1c(O)cccc1OCc1ncccc1Cl. The molecule has 1 N–H and O–H groups in total. The van der Waals surface area contributed by atoms with Gasteiger partial charge < -0.3 is 9.84 Å². The minimum atomic E-state index is -0.116.